The first-order valence-corrected chi connectivity index (χ1v) is 14.0. The molecular formula is C31H23N5O5S. The highest BCUT2D eigenvalue weighted by atomic mass is 32.1. The minimum Gasteiger partial charge on any atom is -0.497 e. The number of hydrogen-bond acceptors (Lipinski definition) is 9. The first-order chi connectivity index (χ1) is 20.6. The van der Waals surface area contributed by atoms with E-state index in [4.69, 9.17) is 19.3 Å². The Labute approximate surface area is 242 Å². The summed E-state index contributed by atoms with van der Waals surface area (Å²) in [5.41, 5.74) is 3.25. The Bertz CT molecular complexity index is 2100. The number of thiazole rings is 1. The van der Waals surface area contributed by atoms with E-state index >= 15 is 0 Å². The number of ether oxygens (including phenoxy) is 3. The summed E-state index contributed by atoms with van der Waals surface area (Å²) < 4.78 is 20.0. The maximum absolute atomic E-state index is 13.5. The van der Waals surface area contributed by atoms with Crippen LogP contribution in [0.2, 0.25) is 0 Å². The summed E-state index contributed by atoms with van der Waals surface area (Å²) in [6.45, 7) is 0.966. The summed E-state index contributed by atoms with van der Waals surface area (Å²) in [5.74, 6) is 2.03. The number of nitrogens with zero attached hydrogens (tertiary/aromatic N) is 5. The van der Waals surface area contributed by atoms with Crippen LogP contribution in [0, 0.1) is 0 Å². The molecule has 0 saturated carbocycles. The molecule has 42 heavy (non-hydrogen) atoms. The van der Waals surface area contributed by atoms with E-state index in [0.717, 1.165) is 28.2 Å². The summed E-state index contributed by atoms with van der Waals surface area (Å²) in [6.07, 6.45) is 3.87. The lowest BCUT2D eigenvalue weighted by Gasteiger charge is -2.18. The Hall–Kier alpha value is -5.29. The molecule has 0 unspecified atom stereocenters. The van der Waals surface area contributed by atoms with E-state index in [1.165, 1.54) is 4.52 Å². The number of rotatable bonds is 6. The second-order valence-corrected chi connectivity index (χ2v) is 10.6. The lowest BCUT2D eigenvalue weighted by atomic mass is 10.1. The van der Waals surface area contributed by atoms with Gasteiger partial charge < -0.3 is 14.2 Å². The van der Waals surface area contributed by atoms with Crippen molar-refractivity contribution >= 4 is 22.4 Å². The molecule has 0 fully saturated rings. The van der Waals surface area contributed by atoms with Crippen molar-refractivity contribution in [2.24, 2.45) is 0 Å². The molecule has 6 aromatic rings. The minimum atomic E-state index is -0.465. The van der Waals surface area contributed by atoms with Crippen LogP contribution in [-0.2, 0) is 6.42 Å². The molecule has 1 aliphatic rings. The molecule has 7 rings (SSSR count). The molecule has 3 aromatic heterocycles. The van der Waals surface area contributed by atoms with Gasteiger partial charge in [-0.25, -0.2) is 4.68 Å². The van der Waals surface area contributed by atoms with E-state index < -0.39 is 5.56 Å². The summed E-state index contributed by atoms with van der Waals surface area (Å²) in [5, 5.41) is 9.25. The van der Waals surface area contributed by atoms with Gasteiger partial charge in [0.05, 0.1) is 17.3 Å². The smallest absolute Gasteiger partial charge is 0.296 e. The van der Waals surface area contributed by atoms with Gasteiger partial charge in [0.15, 0.2) is 11.5 Å². The van der Waals surface area contributed by atoms with Crippen LogP contribution < -0.4 is 29.9 Å². The van der Waals surface area contributed by atoms with Crippen LogP contribution >= 0.6 is 11.3 Å². The molecule has 4 heterocycles. The van der Waals surface area contributed by atoms with E-state index in [1.807, 2.05) is 79.0 Å². The van der Waals surface area contributed by atoms with Crippen LogP contribution in [0.1, 0.15) is 16.8 Å². The summed E-state index contributed by atoms with van der Waals surface area (Å²) in [4.78, 5) is 30.7. The molecule has 3 aromatic carbocycles. The summed E-state index contributed by atoms with van der Waals surface area (Å²) in [6, 6.07) is 22.7. The second kappa shape index (κ2) is 10.6. The van der Waals surface area contributed by atoms with Crippen LogP contribution in [0.4, 0.5) is 0 Å². The van der Waals surface area contributed by atoms with Crippen molar-refractivity contribution in [1.29, 1.82) is 0 Å². The van der Waals surface area contributed by atoms with Crippen LogP contribution in [0.3, 0.4) is 0 Å². The average molecular weight is 578 g/mol. The number of fused-ring (bicyclic) bond motifs is 2. The van der Waals surface area contributed by atoms with Crippen molar-refractivity contribution < 1.29 is 14.2 Å². The van der Waals surface area contributed by atoms with E-state index in [-0.39, 0.29) is 22.6 Å². The maximum Gasteiger partial charge on any atom is 0.296 e. The van der Waals surface area contributed by atoms with Gasteiger partial charge >= 0.3 is 0 Å². The van der Waals surface area contributed by atoms with Crippen LogP contribution in [0.25, 0.3) is 28.0 Å². The Morgan fingerprint density at radius 2 is 1.74 bits per heavy atom. The highest BCUT2D eigenvalue weighted by Crippen LogP contribution is 2.35. The fraction of sp³-hybridized carbons (Fsp3) is 0.129. The van der Waals surface area contributed by atoms with Crippen molar-refractivity contribution in [3.8, 4) is 34.2 Å². The zero-order chi connectivity index (χ0) is 28.6. The molecule has 0 amide bonds. The molecule has 0 radical (unpaired) electrons. The van der Waals surface area contributed by atoms with Gasteiger partial charge in [-0.05, 0) is 54.1 Å². The number of benzene rings is 3. The second-order valence-electron chi connectivity index (χ2n) is 9.57. The Morgan fingerprint density at radius 1 is 0.952 bits per heavy atom. The van der Waals surface area contributed by atoms with Crippen LogP contribution in [-0.4, -0.2) is 44.7 Å². The number of aromatic nitrogens is 5. The van der Waals surface area contributed by atoms with Gasteiger partial charge in [0.1, 0.15) is 30.4 Å². The predicted octanol–water partition coefficient (Wildman–Crippen LogP) is 3.28. The first kappa shape index (κ1) is 25.7. The average Bonchev–Trinajstić information content (AvgIpc) is 3.58. The van der Waals surface area contributed by atoms with Gasteiger partial charge in [-0.3, -0.25) is 9.59 Å². The highest BCUT2D eigenvalue weighted by molar-refractivity contribution is 7.15. The zero-order valence-corrected chi connectivity index (χ0v) is 23.2. The lowest BCUT2D eigenvalue weighted by Crippen LogP contribution is -2.28. The van der Waals surface area contributed by atoms with E-state index in [2.05, 4.69) is 10.1 Å². The number of para-hydroxylation sites is 1. The molecule has 0 aliphatic carbocycles. The fourth-order valence-corrected chi connectivity index (χ4v) is 5.65. The standard InChI is InChI=1S/C31H23N5O5S/c1-39-23-10-7-19(8-11-23)15-24-29(37)32-31-36(33-24)30(38)27(42-31)17-21-18-35(22-5-3-2-4-6-22)34-28(21)20-9-12-25-26(16-20)41-14-13-40-25/h2-12,16-18H,13-15H2,1H3/b27-17-. The Morgan fingerprint density at radius 3 is 2.52 bits per heavy atom. The topological polar surface area (TPSA) is 110 Å². The maximum atomic E-state index is 13.5. The van der Waals surface area contributed by atoms with Crippen molar-refractivity contribution in [3.63, 3.8) is 0 Å². The van der Waals surface area contributed by atoms with Gasteiger partial charge in [-0.15, -0.1) is 0 Å². The Balaban J connectivity index is 1.33. The minimum absolute atomic E-state index is 0.188. The molecule has 0 N–H and O–H groups in total. The SMILES string of the molecule is COc1ccc(Cc2nn3c(=O)/c(=C/c4cn(-c5ccccc5)nc4-c4ccc5c(c4)OCCO5)sc3nc2=O)cc1. The van der Waals surface area contributed by atoms with E-state index in [9.17, 15) is 9.59 Å². The van der Waals surface area contributed by atoms with Crippen molar-refractivity contribution in [2.75, 3.05) is 20.3 Å². The molecule has 208 valence electrons. The number of hydrogen-bond donors (Lipinski definition) is 0. The van der Waals surface area contributed by atoms with Crippen LogP contribution in [0.5, 0.6) is 17.2 Å². The van der Waals surface area contributed by atoms with E-state index in [1.54, 1.807) is 17.9 Å². The largest absolute Gasteiger partial charge is 0.497 e. The monoisotopic (exact) mass is 577 g/mol. The zero-order valence-electron chi connectivity index (χ0n) is 22.4. The predicted molar refractivity (Wildman–Crippen MR) is 158 cm³/mol. The third-order valence-corrected chi connectivity index (χ3v) is 7.81. The summed E-state index contributed by atoms with van der Waals surface area (Å²) >= 11 is 1.11. The van der Waals surface area contributed by atoms with Gasteiger partial charge in [0.2, 0.25) is 4.96 Å². The summed E-state index contributed by atoms with van der Waals surface area (Å²) in [7, 11) is 1.59. The lowest BCUT2D eigenvalue weighted by molar-refractivity contribution is 0.171. The van der Waals surface area contributed by atoms with Gasteiger partial charge in [-0.1, -0.05) is 41.7 Å². The highest BCUT2D eigenvalue weighted by Gasteiger charge is 2.18. The quantitative estimate of drug-likeness (QED) is 0.297. The fourth-order valence-electron chi connectivity index (χ4n) is 4.75. The molecular weight excluding hydrogens is 554 g/mol. The van der Waals surface area contributed by atoms with Crippen molar-refractivity contribution in [2.45, 2.75) is 6.42 Å². The van der Waals surface area contributed by atoms with Crippen LogP contribution in [0.15, 0.2) is 88.6 Å². The van der Waals surface area contributed by atoms with Crippen molar-refractivity contribution in [1.82, 2.24) is 24.4 Å². The molecule has 10 nitrogen and oxygen atoms in total. The molecule has 0 atom stereocenters. The van der Waals surface area contributed by atoms with Gasteiger partial charge in [0, 0.05) is 23.7 Å². The first-order valence-electron chi connectivity index (χ1n) is 13.2. The number of methoxy groups -OCH3 is 1. The molecule has 0 bridgehead atoms. The van der Waals surface area contributed by atoms with Gasteiger partial charge in [0.25, 0.3) is 11.1 Å². The molecule has 1 aliphatic heterocycles. The molecule has 0 saturated heterocycles. The molecule has 11 heteroatoms. The Kier molecular flexibility index (Phi) is 6.48. The molecule has 0 spiro atoms. The van der Waals surface area contributed by atoms with Crippen molar-refractivity contribution in [3.05, 3.63) is 121 Å². The van der Waals surface area contributed by atoms with Gasteiger partial charge in [-0.2, -0.15) is 19.7 Å². The third-order valence-electron chi connectivity index (χ3n) is 6.85. The van der Waals surface area contributed by atoms with E-state index in [0.29, 0.717) is 46.3 Å². The normalized spacial score (nSPS) is 13.0. The third kappa shape index (κ3) is 4.79.